The largest absolute Gasteiger partial charge is 4.00 e. The molecule has 0 aliphatic heterocycles. The maximum absolute atomic E-state index is 10.8. The van der Waals surface area contributed by atoms with Gasteiger partial charge in [0.2, 0.25) is 0 Å². The van der Waals surface area contributed by atoms with Gasteiger partial charge in [-0.2, -0.15) is 0 Å². The topological polar surface area (TPSA) is 60.4 Å². The van der Waals surface area contributed by atoms with Crippen LogP contribution < -0.4 is 56.1 Å². The van der Waals surface area contributed by atoms with Gasteiger partial charge in [-0.05, 0) is 13.0 Å². The third-order valence-corrected chi connectivity index (χ3v) is 1.37. The van der Waals surface area contributed by atoms with Gasteiger partial charge in [-0.1, -0.05) is 23.4 Å². The van der Waals surface area contributed by atoms with E-state index in [1.54, 1.807) is 13.0 Å². The van der Waals surface area contributed by atoms with E-state index in [1.807, 2.05) is 0 Å². The minimum atomic E-state index is -1.17. The molecule has 0 amide bonds. The molecule has 82 valence electrons. The molecule has 0 aromatic heterocycles. The number of rotatable bonds is 1. The van der Waals surface area contributed by atoms with Crippen molar-refractivity contribution in [3.8, 4) is 5.75 Å². The van der Waals surface area contributed by atoms with Gasteiger partial charge in [-0.15, -0.1) is 0 Å². The quantitative estimate of drug-likeness (QED) is 0.443. The first-order valence-corrected chi connectivity index (χ1v) is 3.12. The fourth-order valence-corrected chi connectivity index (χ4v) is 0.811. The molecule has 0 saturated carbocycles. The van der Waals surface area contributed by atoms with Gasteiger partial charge in [0.05, 0.1) is 5.56 Å². The van der Waals surface area contributed by atoms with Gasteiger partial charge in [0, 0.05) is 0 Å². The van der Waals surface area contributed by atoms with E-state index < -0.39 is 11.7 Å². The van der Waals surface area contributed by atoms with E-state index >= 15 is 0 Å². The van der Waals surface area contributed by atoms with E-state index in [-0.39, 0.29) is 78.2 Å². The van der Waals surface area contributed by atoms with E-state index in [2.05, 4.69) is 0 Å². The Morgan fingerprint density at radius 2 is 1.73 bits per heavy atom. The summed E-state index contributed by atoms with van der Waals surface area (Å²) in [7, 11) is 0. The molecule has 1 N–H and O–H groups in total. The molecule has 0 aliphatic rings. The third-order valence-electron chi connectivity index (χ3n) is 1.37. The van der Waals surface area contributed by atoms with Crippen molar-refractivity contribution in [1.82, 2.24) is 0 Å². The SMILES string of the molecule is Cc1ccc([O-])c(C(=O)O)c1.[Br-].[Br-].[Br-].[Ti+4]. The second-order valence-corrected chi connectivity index (χ2v) is 2.30. The predicted octanol–water partition coefficient (Wildman–Crippen LogP) is -8.22. The smallest absolute Gasteiger partial charge is 1.00 e. The fraction of sp³-hybridized carbons (Fsp3) is 0.125. The minimum absolute atomic E-state index is 0. The molecule has 7 heteroatoms. The van der Waals surface area contributed by atoms with E-state index in [1.165, 1.54) is 12.1 Å². The summed E-state index contributed by atoms with van der Waals surface area (Å²) in [6.07, 6.45) is 0. The molecule has 1 aromatic rings. The molecular formula is C8H7Br3O3Ti. The summed E-state index contributed by atoms with van der Waals surface area (Å²) in [6.45, 7) is 1.74. The average Bonchev–Trinajstić information content (AvgIpc) is 1.94. The van der Waals surface area contributed by atoms with E-state index in [0.29, 0.717) is 0 Å². The fourth-order valence-electron chi connectivity index (χ4n) is 0.811. The summed E-state index contributed by atoms with van der Waals surface area (Å²) in [6, 6.07) is 4.22. The molecule has 0 atom stereocenters. The Morgan fingerprint density at radius 1 is 1.27 bits per heavy atom. The summed E-state index contributed by atoms with van der Waals surface area (Å²) in [4.78, 5) is 10.4. The Hall–Kier alpha value is 0.644. The van der Waals surface area contributed by atoms with Crippen molar-refractivity contribution in [2.24, 2.45) is 0 Å². The monoisotopic (exact) mass is 436 g/mol. The Balaban J connectivity index is -0.000000151. The Morgan fingerprint density at radius 3 is 2.07 bits per heavy atom. The first kappa shape index (κ1) is 24.7. The van der Waals surface area contributed by atoms with E-state index in [0.717, 1.165) is 5.56 Å². The predicted molar refractivity (Wildman–Crippen MR) is 37.6 cm³/mol. The first-order valence-electron chi connectivity index (χ1n) is 3.12. The van der Waals surface area contributed by atoms with Crippen LogP contribution in [0.15, 0.2) is 18.2 Å². The molecule has 15 heavy (non-hydrogen) atoms. The molecule has 1 rings (SSSR count). The van der Waals surface area contributed by atoms with Crippen molar-refractivity contribution in [3.05, 3.63) is 29.3 Å². The number of hydrogen-bond donors (Lipinski definition) is 1. The zero-order valence-electron chi connectivity index (χ0n) is 7.63. The number of hydrogen-bond acceptors (Lipinski definition) is 2. The van der Waals surface area contributed by atoms with Crippen LogP contribution in [-0.4, -0.2) is 11.1 Å². The second-order valence-electron chi connectivity index (χ2n) is 2.30. The standard InChI is InChI=1S/C8H8O3.3BrH.Ti/c1-5-2-3-7(9)6(4-5)8(10)11;;;;/h2-4,9H,1H3,(H,10,11);3*1H;/q;;;;+4/p-4. The van der Waals surface area contributed by atoms with Crippen molar-refractivity contribution in [1.29, 1.82) is 0 Å². The average molecular weight is 439 g/mol. The molecule has 0 fully saturated rings. The van der Waals surface area contributed by atoms with Gasteiger partial charge in [0.25, 0.3) is 0 Å². The van der Waals surface area contributed by atoms with Crippen LogP contribution in [0.2, 0.25) is 0 Å². The summed E-state index contributed by atoms with van der Waals surface area (Å²) in [5.41, 5.74) is 0.618. The van der Waals surface area contributed by atoms with Crippen LogP contribution in [0.4, 0.5) is 0 Å². The minimum Gasteiger partial charge on any atom is -1.00 e. The molecule has 0 radical (unpaired) electrons. The maximum atomic E-state index is 10.8. The van der Waals surface area contributed by atoms with Gasteiger partial charge < -0.3 is 61.2 Å². The molecule has 0 spiro atoms. The number of carboxylic acids is 1. The summed E-state index contributed by atoms with van der Waals surface area (Å²) in [5.74, 6) is -1.61. The van der Waals surface area contributed by atoms with Crippen molar-refractivity contribution < 1.29 is 87.7 Å². The Labute approximate surface area is 134 Å². The normalized spacial score (nSPS) is 7.00. The van der Waals surface area contributed by atoms with Crippen LogP contribution in [0, 0.1) is 6.92 Å². The van der Waals surface area contributed by atoms with Crippen LogP contribution in [0.25, 0.3) is 0 Å². The number of aromatic carboxylic acids is 1. The van der Waals surface area contributed by atoms with Crippen molar-refractivity contribution >= 4 is 5.97 Å². The van der Waals surface area contributed by atoms with Crippen molar-refractivity contribution in [2.45, 2.75) is 6.92 Å². The van der Waals surface area contributed by atoms with Crippen LogP contribution in [0.1, 0.15) is 15.9 Å². The summed E-state index contributed by atoms with van der Waals surface area (Å²) < 4.78 is 0. The molecular weight excluding hydrogens is 432 g/mol. The molecule has 0 aliphatic carbocycles. The molecule has 0 saturated heterocycles. The number of carbonyl (C=O) groups is 1. The van der Waals surface area contributed by atoms with Gasteiger partial charge in [-0.25, -0.2) is 4.79 Å². The molecule has 0 unspecified atom stereocenters. The van der Waals surface area contributed by atoms with E-state index in [9.17, 15) is 9.90 Å². The Kier molecular flexibility index (Phi) is 18.4. The molecule has 0 heterocycles. The van der Waals surface area contributed by atoms with Gasteiger partial charge in [0.1, 0.15) is 0 Å². The number of aryl methyl sites for hydroxylation is 1. The molecule has 1 aromatic carbocycles. The van der Waals surface area contributed by atoms with Crippen molar-refractivity contribution in [2.75, 3.05) is 0 Å². The summed E-state index contributed by atoms with van der Waals surface area (Å²) in [5, 5.41) is 19.3. The zero-order chi connectivity index (χ0) is 8.43. The molecule has 0 bridgehead atoms. The maximum Gasteiger partial charge on any atom is 4.00 e. The zero-order valence-corrected chi connectivity index (χ0v) is 13.9. The first-order chi connectivity index (χ1) is 5.11. The summed E-state index contributed by atoms with van der Waals surface area (Å²) >= 11 is 0. The number of carboxylic acid groups (broad SMARTS) is 1. The number of benzene rings is 1. The van der Waals surface area contributed by atoms with Crippen LogP contribution in [-0.2, 0) is 21.7 Å². The van der Waals surface area contributed by atoms with Crippen molar-refractivity contribution in [3.63, 3.8) is 0 Å². The van der Waals surface area contributed by atoms with Gasteiger partial charge in [-0.3, -0.25) is 0 Å². The van der Waals surface area contributed by atoms with Gasteiger partial charge in [0.15, 0.2) is 0 Å². The third kappa shape index (κ3) is 7.52. The molecule has 3 nitrogen and oxygen atoms in total. The van der Waals surface area contributed by atoms with Crippen LogP contribution in [0.5, 0.6) is 5.75 Å². The van der Waals surface area contributed by atoms with Crippen LogP contribution in [0.3, 0.4) is 0 Å². The van der Waals surface area contributed by atoms with Crippen LogP contribution >= 0.6 is 0 Å². The number of halogens is 3. The second kappa shape index (κ2) is 11.1. The Bertz CT molecular complexity index is 307. The van der Waals surface area contributed by atoms with E-state index in [4.69, 9.17) is 5.11 Å². The van der Waals surface area contributed by atoms with Gasteiger partial charge >= 0.3 is 27.7 Å².